The highest BCUT2D eigenvalue weighted by Gasteiger charge is 2.23. The van der Waals surface area contributed by atoms with Gasteiger partial charge in [0, 0.05) is 44.2 Å². The van der Waals surface area contributed by atoms with Crippen molar-refractivity contribution in [3.05, 3.63) is 71.3 Å². The van der Waals surface area contributed by atoms with Gasteiger partial charge in [0.25, 0.3) is 5.91 Å². The highest BCUT2D eigenvalue weighted by Crippen LogP contribution is 2.20. The molecule has 5 heteroatoms. The van der Waals surface area contributed by atoms with Crippen LogP contribution in [0.4, 0.5) is 0 Å². The molecular formula is C25H31N3O2. The smallest absolute Gasteiger partial charge is 0.251 e. The Morgan fingerprint density at radius 2 is 1.77 bits per heavy atom. The van der Waals surface area contributed by atoms with E-state index in [1.165, 1.54) is 18.4 Å². The molecule has 0 bridgehead atoms. The van der Waals surface area contributed by atoms with E-state index in [4.69, 9.17) is 0 Å². The van der Waals surface area contributed by atoms with Crippen molar-refractivity contribution in [1.82, 2.24) is 15.1 Å². The van der Waals surface area contributed by atoms with E-state index in [0.29, 0.717) is 31.1 Å². The Labute approximate surface area is 179 Å². The van der Waals surface area contributed by atoms with E-state index in [1.807, 2.05) is 35.2 Å². The molecule has 0 aliphatic carbocycles. The maximum Gasteiger partial charge on any atom is 0.251 e. The molecule has 2 fully saturated rings. The van der Waals surface area contributed by atoms with E-state index >= 15 is 0 Å². The summed E-state index contributed by atoms with van der Waals surface area (Å²) in [6.45, 7) is 4.08. The number of likely N-dealkylation sites (tertiary alicyclic amines) is 2. The van der Waals surface area contributed by atoms with Crippen molar-refractivity contribution >= 4 is 11.8 Å². The zero-order valence-electron chi connectivity index (χ0n) is 17.6. The van der Waals surface area contributed by atoms with Gasteiger partial charge in [-0.2, -0.15) is 0 Å². The molecule has 0 saturated carbocycles. The lowest BCUT2D eigenvalue weighted by Crippen LogP contribution is -2.46. The molecule has 2 aromatic rings. The topological polar surface area (TPSA) is 52.7 Å². The van der Waals surface area contributed by atoms with E-state index < -0.39 is 0 Å². The number of hydrogen-bond donors (Lipinski definition) is 1. The summed E-state index contributed by atoms with van der Waals surface area (Å²) in [7, 11) is 0. The molecule has 30 heavy (non-hydrogen) atoms. The van der Waals surface area contributed by atoms with Gasteiger partial charge in [0.1, 0.15) is 0 Å². The van der Waals surface area contributed by atoms with Crippen molar-refractivity contribution in [2.45, 2.75) is 51.2 Å². The molecular weight excluding hydrogens is 374 g/mol. The van der Waals surface area contributed by atoms with Crippen LogP contribution in [0.5, 0.6) is 0 Å². The molecule has 0 spiro atoms. The molecule has 0 aromatic heterocycles. The Kier molecular flexibility index (Phi) is 6.80. The first kappa shape index (κ1) is 20.6. The van der Waals surface area contributed by atoms with Crippen LogP contribution in [-0.4, -0.2) is 47.3 Å². The normalized spacial score (nSPS) is 19.8. The van der Waals surface area contributed by atoms with Crippen LogP contribution in [0.25, 0.3) is 0 Å². The van der Waals surface area contributed by atoms with E-state index in [1.54, 1.807) is 0 Å². The number of benzene rings is 2. The number of hydrogen-bond acceptors (Lipinski definition) is 3. The second-order valence-electron chi connectivity index (χ2n) is 8.43. The summed E-state index contributed by atoms with van der Waals surface area (Å²) in [5, 5.41) is 3.15. The third-order valence-corrected chi connectivity index (χ3v) is 6.21. The van der Waals surface area contributed by atoms with Crippen LogP contribution in [0.3, 0.4) is 0 Å². The van der Waals surface area contributed by atoms with Gasteiger partial charge in [-0.3, -0.25) is 14.5 Å². The lowest BCUT2D eigenvalue weighted by molar-refractivity contribution is -0.128. The summed E-state index contributed by atoms with van der Waals surface area (Å²) in [5.41, 5.74) is 3.01. The van der Waals surface area contributed by atoms with Crippen molar-refractivity contribution in [3.8, 4) is 0 Å². The molecule has 2 amide bonds. The fourth-order valence-corrected chi connectivity index (χ4v) is 4.53. The molecule has 4 rings (SSSR count). The Morgan fingerprint density at radius 3 is 2.57 bits per heavy atom. The average molecular weight is 406 g/mol. The standard InChI is InChI=1S/C25H31N3O2/c29-24-13-7-15-28(24)19-21-10-6-11-22(16-21)25(30)26-17-23-12-4-5-14-27(23)18-20-8-2-1-3-9-20/h1-3,6,8-11,16,23H,4-5,7,12-15,17-19H2,(H,26,30). The van der Waals surface area contributed by atoms with E-state index in [0.717, 1.165) is 38.0 Å². The summed E-state index contributed by atoms with van der Waals surface area (Å²) in [6, 6.07) is 18.6. The first-order valence-electron chi connectivity index (χ1n) is 11.1. The molecule has 2 saturated heterocycles. The monoisotopic (exact) mass is 405 g/mol. The molecule has 2 aliphatic heterocycles. The minimum Gasteiger partial charge on any atom is -0.350 e. The number of piperidine rings is 1. The maximum atomic E-state index is 12.8. The van der Waals surface area contributed by atoms with Crippen LogP contribution in [0.15, 0.2) is 54.6 Å². The van der Waals surface area contributed by atoms with Crippen molar-refractivity contribution in [2.75, 3.05) is 19.6 Å². The number of carbonyl (C=O) groups excluding carboxylic acids is 2. The minimum atomic E-state index is -0.0326. The first-order chi connectivity index (χ1) is 14.7. The predicted octanol–water partition coefficient (Wildman–Crippen LogP) is 3.59. The van der Waals surface area contributed by atoms with Gasteiger partial charge in [0.15, 0.2) is 0 Å². The van der Waals surface area contributed by atoms with Crippen LogP contribution in [-0.2, 0) is 17.9 Å². The van der Waals surface area contributed by atoms with Crippen molar-refractivity contribution in [1.29, 1.82) is 0 Å². The van der Waals surface area contributed by atoms with Crippen LogP contribution in [0, 0.1) is 0 Å². The van der Waals surface area contributed by atoms with Gasteiger partial charge in [-0.15, -0.1) is 0 Å². The Balaban J connectivity index is 1.34. The van der Waals surface area contributed by atoms with Crippen LogP contribution < -0.4 is 5.32 Å². The third-order valence-electron chi connectivity index (χ3n) is 6.21. The summed E-state index contributed by atoms with van der Waals surface area (Å²) >= 11 is 0. The van der Waals surface area contributed by atoms with Gasteiger partial charge in [0.05, 0.1) is 0 Å². The average Bonchev–Trinajstić information content (AvgIpc) is 3.18. The second kappa shape index (κ2) is 9.90. The molecule has 5 nitrogen and oxygen atoms in total. The lowest BCUT2D eigenvalue weighted by atomic mass is 10.0. The van der Waals surface area contributed by atoms with Gasteiger partial charge in [0.2, 0.25) is 5.91 Å². The zero-order chi connectivity index (χ0) is 20.8. The van der Waals surface area contributed by atoms with Gasteiger partial charge in [-0.05, 0) is 49.1 Å². The minimum absolute atomic E-state index is 0.0326. The van der Waals surface area contributed by atoms with E-state index in [-0.39, 0.29) is 11.8 Å². The zero-order valence-corrected chi connectivity index (χ0v) is 17.6. The molecule has 1 atom stereocenters. The van der Waals surface area contributed by atoms with Crippen molar-refractivity contribution in [3.63, 3.8) is 0 Å². The Bertz CT molecular complexity index is 868. The van der Waals surface area contributed by atoms with Crippen molar-refractivity contribution in [2.24, 2.45) is 0 Å². The molecule has 1 unspecified atom stereocenters. The number of carbonyl (C=O) groups is 2. The van der Waals surface area contributed by atoms with Crippen LogP contribution in [0.2, 0.25) is 0 Å². The number of nitrogens with zero attached hydrogens (tertiary/aromatic N) is 2. The van der Waals surface area contributed by atoms with Crippen molar-refractivity contribution < 1.29 is 9.59 Å². The molecule has 2 aliphatic rings. The molecule has 1 N–H and O–H groups in total. The molecule has 0 radical (unpaired) electrons. The fraction of sp³-hybridized carbons (Fsp3) is 0.440. The van der Waals surface area contributed by atoms with Crippen LogP contribution >= 0.6 is 0 Å². The second-order valence-corrected chi connectivity index (χ2v) is 8.43. The van der Waals surface area contributed by atoms with Gasteiger partial charge >= 0.3 is 0 Å². The maximum absolute atomic E-state index is 12.8. The summed E-state index contributed by atoms with van der Waals surface area (Å²) in [4.78, 5) is 29.0. The quantitative estimate of drug-likeness (QED) is 0.766. The fourth-order valence-electron chi connectivity index (χ4n) is 4.53. The first-order valence-corrected chi connectivity index (χ1v) is 11.1. The van der Waals surface area contributed by atoms with E-state index in [2.05, 4.69) is 34.5 Å². The number of nitrogens with one attached hydrogen (secondary N) is 1. The van der Waals surface area contributed by atoms with Gasteiger partial charge in [-0.1, -0.05) is 48.9 Å². The predicted molar refractivity (Wildman–Crippen MR) is 118 cm³/mol. The number of rotatable bonds is 7. The SMILES string of the molecule is O=C(NCC1CCCCN1Cc1ccccc1)c1cccc(CN2CCCC2=O)c1. The highest BCUT2D eigenvalue weighted by atomic mass is 16.2. The Morgan fingerprint density at radius 1 is 0.933 bits per heavy atom. The molecule has 2 heterocycles. The summed E-state index contributed by atoms with van der Waals surface area (Å²) in [6.07, 6.45) is 5.12. The lowest BCUT2D eigenvalue weighted by Gasteiger charge is -2.36. The summed E-state index contributed by atoms with van der Waals surface area (Å²) in [5.74, 6) is 0.176. The number of amides is 2. The van der Waals surface area contributed by atoms with Crippen LogP contribution in [0.1, 0.15) is 53.6 Å². The Hall–Kier alpha value is -2.66. The third kappa shape index (κ3) is 5.28. The highest BCUT2D eigenvalue weighted by molar-refractivity contribution is 5.94. The van der Waals surface area contributed by atoms with E-state index in [9.17, 15) is 9.59 Å². The largest absolute Gasteiger partial charge is 0.350 e. The van der Waals surface area contributed by atoms with Gasteiger partial charge in [-0.25, -0.2) is 0 Å². The molecule has 2 aromatic carbocycles. The van der Waals surface area contributed by atoms with Gasteiger partial charge < -0.3 is 10.2 Å². The molecule has 158 valence electrons. The summed E-state index contributed by atoms with van der Waals surface area (Å²) < 4.78 is 0.